The number of carbonyl (C=O) groups excluding carboxylic acids is 1. The molecular formula is C33H35ClFN3O4. The number of esters is 1. The van der Waals surface area contributed by atoms with Crippen LogP contribution in [0.2, 0.25) is 5.02 Å². The van der Waals surface area contributed by atoms with E-state index in [4.69, 9.17) is 30.8 Å². The summed E-state index contributed by atoms with van der Waals surface area (Å²) < 4.78 is 33.1. The Morgan fingerprint density at radius 2 is 1.95 bits per heavy atom. The third kappa shape index (κ3) is 6.46. The van der Waals surface area contributed by atoms with Gasteiger partial charge in [0.15, 0.2) is 0 Å². The summed E-state index contributed by atoms with van der Waals surface area (Å²) in [7, 11) is 0. The lowest BCUT2D eigenvalue weighted by atomic mass is 9.99. The average molecular weight is 592 g/mol. The van der Waals surface area contributed by atoms with Crippen molar-refractivity contribution < 1.29 is 23.4 Å². The summed E-state index contributed by atoms with van der Waals surface area (Å²) in [5, 5.41) is 0.0909. The fourth-order valence-electron chi connectivity index (χ4n) is 5.41. The number of imidazole rings is 1. The predicted octanol–water partition coefficient (Wildman–Crippen LogP) is 6.71. The van der Waals surface area contributed by atoms with Gasteiger partial charge in [-0.3, -0.25) is 4.90 Å². The van der Waals surface area contributed by atoms with Crippen molar-refractivity contribution in [3.05, 3.63) is 93.5 Å². The summed E-state index contributed by atoms with van der Waals surface area (Å²) in [5.41, 5.74) is 5.05. The van der Waals surface area contributed by atoms with Gasteiger partial charge < -0.3 is 18.8 Å². The maximum Gasteiger partial charge on any atom is 0.338 e. The Labute approximate surface area is 250 Å². The van der Waals surface area contributed by atoms with Crippen LogP contribution in [-0.4, -0.2) is 45.3 Å². The molecule has 1 fully saturated rings. The summed E-state index contributed by atoms with van der Waals surface area (Å²) in [6.45, 7) is 9.72. The van der Waals surface area contributed by atoms with Gasteiger partial charge in [0.2, 0.25) is 0 Å². The molecule has 4 aromatic rings. The molecule has 220 valence electrons. The van der Waals surface area contributed by atoms with E-state index in [1.165, 1.54) is 17.2 Å². The first kappa shape index (κ1) is 28.6. The second kappa shape index (κ2) is 11.7. The second-order valence-electron chi connectivity index (χ2n) is 12.1. The van der Waals surface area contributed by atoms with E-state index in [0.717, 1.165) is 60.7 Å². The van der Waals surface area contributed by atoms with Crippen molar-refractivity contribution in [2.45, 2.75) is 71.6 Å². The molecule has 2 aliphatic heterocycles. The highest BCUT2D eigenvalue weighted by Crippen LogP contribution is 2.28. The van der Waals surface area contributed by atoms with E-state index in [1.54, 1.807) is 18.2 Å². The first-order valence-electron chi connectivity index (χ1n) is 14.4. The van der Waals surface area contributed by atoms with Gasteiger partial charge in [0.05, 0.1) is 40.8 Å². The lowest BCUT2D eigenvalue weighted by Gasteiger charge is -2.30. The van der Waals surface area contributed by atoms with Crippen LogP contribution in [0.5, 0.6) is 5.75 Å². The Kier molecular flexibility index (Phi) is 7.96. The van der Waals surface area contributed by atoms with Gasteiger partial charge in [-0.1, -0.05) is 23.7 Å². The molecule has 1 atom stereocenters. The highest BCUT2D eigenvalue weighted by molar-refractivity contribution is 6.30. The molecule has 3 heterocycles. The summed E-state index contributed by atoms with van der Waals surface area (Å²) in [6, 6.07) is 16.4. The molecule has 0 saturated carbocycles. The number of halogens is 2. The van der Waals surface area contributed by atoms with Gasteiger partial charge in [-0.25, -0.2) is 14.2 Å². The maximum absolute atomic E-state index is 13.5. The van der Waals surface area contributed by atoms with Crippen LogP contribution in [0.4, 0.5) is 4.39 Å². The minimum Gasteiger partial charge on any atom is -0.489 e. The number of benzene rings is 3. The van der Waals surface area contributed by atoms with E-state index < -0.39 is 11.4 Å². The van der Waals surface area contributed by atoms with E-state index in [1.807, 2.05) is 39.0 Å². The number of hydrogen-bond donors (Lipinski definition) is 0. The Bertz CT molecular complexity index is 1630. The monoisotopic (exact) mass is 591 g/mol. The quantitative estimate of drug-likeness (QED) is 0.212. The van der Waals surface area contributed by atoms with Gasteiger partial charge in [-0.15, -0.1) is 0 Å². The first-order chi connectivity index (χ1) is 20.1. The molecular weight excluding hydrogens is 557 g/mol. The molecule has 1 saturated heterocycles. The van der Waals surface area contributed by atoms with Gasteiger partial charge in [0.25, 0.3) is 0 Å². The summed E-state index contributed by atoms with van der Waals surface area (Å²) >= 11 is 5.92. The van der Waals surface area contributed by atoms with E-state index in [0.29, 0.717) is 25.3 Å². The van der Waals surface area contributed by atoms with Crippen molar-refractivity contribution in [3.8, 4) is 5.75 Å². The minimum absolute atomic E-state index is 0.0909. The smallest absolute Gasteiger partial charge is 0.338 e. The van der Waals surface area contributed by atoms with Gasteiger partial charge in [-0.05, 0) is 92.8 Å². The topological polar surface area (TPSA) is 65.8 Å². The lowest BCUT2D eigenvalue weighted by Crippen LogP contribution is -2.34. The lowest BCUT2D eigenvalue weighted by molar-refractivity contribution is -0.0592. The number of carbonyl (C=O) groups is 1. The fourth-order valence-corrected chi connectivity index (χ4v) is 5.61. The summed E-state index contributed by atoms with van der Waals surface area (Å²) in [4.78, 5) is 20.2. The van der Waals surface area contributed by atoms with Gasteiger partial charge in [0, 0.05) is 19.7 Å². The third-order valence-electron chi connectivity index (χ3n) is 7.67. The minimum atomic E-state index is -0.568. The molecule has 3 aromatic carbocycles. The standard InChI is InChI=1S/C33H35ClFN3O4/c1-33(2,3)42-32(39)23-6-9-29-30(16-23)38(18-26-11-13-40-26)31(36-29)19-37-12-10-22-5-7-25(15-24(22)17-37)41-20-21-4-8-28(35)27(34)14-21/h4-9,14-16,26H,10-13,17-20H2,1-3H3/t26-/m0/s1. The predicted molar refractivity (Wildman–Crippen MR) is 159 cm³/mol. The molecule has 0 N–H and O–H groups in total. The first-order valence-corrected chi connectivity index (χ1v) is 14.7. The van der Waals surface area contributed by atoms with Crippen LogP contribution in [0.1, 0.15) is 60.1 Å². The van der Waals surface area contributed by atoms with E-state index >= 15 is 0 Å². The highest BCUT2D eigenvalue weighted by Gasteiger charge is 2.25. The zero-order chi connectivity index (χ0) is 29.4. The molecule has 0 bridgehead atoms. The number of fused-ring (bicyclic) bond motifs is 2. The molecule has 6 rings (SSSR count). The normalized spacial score (nSPS) is 17.1. The van der Waals surface area contributed by atoms with Crippen LogP contribution in [0.15, 0.2) is 54.6 Å². The SMILES string of the molecule is CC(C)(C)OC(=O)c1ccc2nc(CN3CCc4ccc(OCc5ccc(F)c(Cl)c5)cc4C3)n(C[C@@H]3CCO3)c2c1. The van der Waals surface area contributed by atoms with Crippen LogP contribution < -0.4 is 4.74 Å². The van der Waals surface area contributed by atoms with Gasteiger partial charge in [0.1, 0.15) is 29.6 Å². The van der Waals surface area contributed by atoms with Crippen molar-refractivity contribution in [2.75, 3.05) is 13.2 Å². The van der Waals surface area contributed by atoms with Crippen LogP contribution in [-0.2, 0) is 42.1 Å². The Morgan fingerprint density at radius 3 is 2.69 bits per heavy atom. The van der Waals surface area contributed by atoms with E-state index in [-0.39, 0.29) is 17.1 Å². The largest absolute Gasteiger partial charge is 0.489 e. The number of hydrogen-bond acceptors (Lipinski definition) is 6. The third-order valence-corrected chi connectivity index (χ3v) is 7.95. The average Bonchev–Trinajstić information content (AvgIpc) is 3.26. The number of rotatable bonds is 8. The second-order valence-corrected chi connectivity index (χ2v) is 12.5. The van der Waals surface area contributed by atoms with Gasteiger partial charge >= 0.3 is 5.97 Å². The van der Waals surface area contributed by atoms with Crippen molar-refractivity contribution in [1.29, 1.82) is 0 Å². The van der Waals surface area contributed by atoms with Crippen molar-refractivity contribution in [2.24, 2.45) is 0 Å². The molecule has 1 aromatic heterocycles. The molecule has 0 spiro atoms. The van der Waals surface area contributed by atoms with E-state index in [9.17, 15) is 9.18 Å². The molecule has 0 unspecified atom stereocenters. The molecule has 0 aliphatic carbocycles. The maximum atomic E-state index is 13.5. The Balaban J connectivity index is 1.20. The molecule has 9 heteroatoms. The van der Waals surface area contributed by atoms with Crippen molar-refractivity contribution in [1.82, 2.24) is 14.5 Å². The van der Waals surface area contributed by atoms with Gasteiger partial charge in [-0.2, -0.15) is 0 Å². The number of ether oxygens (including phenoxy) is 3. The fraction of sp³-hybridized carbons (Fsp3) is 0.394. The number of aromatic nitrogens is 2. The Hall–Kier alpha value is -3.46. The summed E-state index contributed by atoms with van der Waals surface area (Å²) in [6.07, 6.45) is 2.08. The zero-order valence-electron chi connectivity index (χ0n) is 24.2. The van der Waals surface area contributed by atoms with Crippen LogP contribution >= 0.6 is 11.6 Å². The Morgan fingerprint density at radius 1 is 1.12 bits per heavy atom. The van der Waals surface area contributed by atoms with Crippen LogP contribution in [0.25, 0.3) is 11.0 Å². The van der Waals surface area contributed by atoms with Crippen molar-refractivity contribution in [3.63, 3.8) is 0 Å². The molecule has 2 aliphatic rings. The highest BCUT2D eigenvalue weighted by atomic mass is 35.5. The van der Waals surface area contributed by atoms with Crippen LogP contribution in [0.3, 0.4) is 0 Å². The molecule has 0 amide bonds. The number of nitrogens with zero attached hydrogens (tertiary/aromatic N) is 3. The van der Waals surface area contributed by atoms with E-state index in [2.05, 4.69) is 21.6 Å². The molecule has 42 heavy (non-hydrogen) atoms. The van der Waals surface area contributed by atoms with Crippen LogP contribution in [0, 0.1) is 5.82 Å². The zero-order valence-corrected chi connectivity index (χ0v) is 24.9. The molecule has 0 radical (unpaired) electrons. The van der Waals surface area contributed by atoms with Crippen molar-refractivity contribution >= 4 is 28.6 Å². The molecule has 7 nitrogen and oxygen atoms in total. The summed E-state index contributed by atoms with van der Waals surface area (Å²) in [5.74, 6) is 0.935.